The van der Waals surface area contributed by atoms with E-state index in [0.717, 1.165) is 46.8 Å². The predicted octanol–water partition coefficient (Wildman–Crippen LogP) is 4.54. The molecule has 1 aliphatic rings. The van der Waals surface area contributed by atoms with Crippen LogP contribution in [0.2, 0.25) is 0 Å². The molecule has 0 N–H and O–H groups in total. The minimum absolute atomic E-state index is 0.773. The van der Waals surface area contributed by atoms with E-state index >= 15 is 0 Å². The van der Waals surface area contributed by atoms with Crippen molar-refractivity contribution in [1.29, 1.82) is 5.26 Å². The summed E-state index contributed by atoms with van der Waals surface area (Å²) in [5.41, 5.74) is 2.00. The number of nitrogens with zero attached hydrogens (tertiary/aromatic N) is 2. The van der Waals surface area contributed by atoms with E-state index in [1.54, 1.807) is 11.8 Å². The van der Waals surface area contributed by atoms with Gasteiger partial charge in [-0.2, -0.15) is 5.26 Å². The van der Waals surface area contributed by atoms with Crippen LogP contribution < -0.4 is 4.90 Å². The quantitative estimate of drug-likeness (QED) is 0.761. The fourth-order valence-corrected chi connectivity index (χ4v) is 3.76. The first-order chi connectivity index (χ1) is 9.67. The fourth-order valence-electron chi connectivity index (χ4n) is 2.98. The second-order valence-corrected chi connectivity index (χ2v) is 7.07. The second-order valence-electron chi connectivity index (χ2n) is 5.76. The number of nitriles is 1. The van der Waals surface area contributed by atoms with Crippen LogP contribution in [0.15, 0.2) is 23.1 Å². The summed E-state index contributed by atoms with van der Waals surface area (Å²) in [4.78, 5) is 3.52. The zero-order chi connectivity index (χ0) is 14.5. The first-order valence-corrected chi connectivity index (χ1v) is 8.56. The van der Waals surface area contributed by atoms with Crippen molar-refractivity contribution in [3.05, 3.63) is 23.8 Å². The van der Waals surface area contributed by atoms with Crippen LogP contribution in [-0.2, 0) is 0 Å². The van der Waals surface area contributed by atoms with Crippen LogP contribution >= 0.6 is 11.8 Å². The number of hydrogen-bond acceptors (Lipinski definition) is 3. The lowest BCUT2D eigenvalue weighted by atomic mass is 9.86. The van der Waals surface area contributed by atoms with Gasteiger partial charge in [0.05, 0.1) is 11.3 Å². The van der Waals surface area contributed by atoms with Crippen LogP contribution in [0, 0.1) is 23.2 Å². The highest BCUT2D eigenvalue weighted by Crippen LogP contribution is 2.33. The molecule has 0 unspecified atom stereocenters. The standard InChI is InChI=1S/C17H24N2S/c1-4-20-17-7-5-6-16(15(17)12-18)19-10-8-14(9-11-19)13(2)3/h5-7,13-14H,4,8-11H2,1-3H3. The molecule has 1 saturated heterocycles. The molecule has 2 nitrogen and oxygen atoms in total. The largest absolute Gasteiger partial charge is 0.370 e. The van der Waals surface area contributed by atoms with Gasteiger partial charge in [-0.1, -0.05) is 26.8 Å². The average Bonchev–Trinajstić information content (AvgIpc) is 2.47. The summed E-state index contributed by atoms with van der Waals surface area (Å²) in [6.45, 7) is 8.93. The van der Waals surface area contributed by atoms with Crippen molar-refractivity contribution in [3.63, 3.8) is 0 Å². The molecule has 3 heteroatoms. The van der Waals surface area contributed by atoms with Crippen molar-refractivity contribution in [3.8, 4) is 6.07 Å². The highest BCUT2D eigenvalue weighted by Gasteiger charge is 2.23. The molecule has 2 rings (SSSR count). The topological polar surface area (TPSA) is 27.0 Å². The van der Waals surface area contributed by atoms with Gasteiger partial charge < -0.3 is 4.90 Å². The minimum atomic E-state index is 0.773. The number of thioether (sulfide) groups is 1. The molecule has 0 aromatic heterocycles. The molecule has 1 aliphatic heterocycles. The molecular formula is C17H24N2S. The number of piperidine rings is 1. The van der Waals surface area contributed by atoms with Crippen LogP contribution in [-0.4, -0.2) is 18.8 Å². The van der Waals surface area contributed by atoms with Gasteiger partial charge >= 0.3 is 0 Å². The van der Waals surface area contributed by atoms with E-state index in [4.69, 9.17) is 0 Å². The molecule has 1 fully saturated rings. The number of rotatable bonds is 4. The highest BCUT2D eigenvalue weighted by atomic mass is 32.2. The molecule has 0 radical (unpaired) electrons. The van der Waals surface area contributed by atoms with Gasteiger partial charge in [-0.15, -0.1) is 11.8 Å². The molecule has 0 saturated carbocycles. The van der Waals surface area contributed by atoms with Gasteiger partial charge in [0.2, 0.25) is 0 Å². The molecule has 108 valence electrons. The molecule has 0 bridgehead atoms. The Morgan fingerprint density at radius 3 is 2.60 bits per heavy atom. The lowest BCUT2D eigenvalue weighted by Crippen LogP contribution is -2.35. The first-order valence-electron chi connectivity index (χ1n) is 7.58. The van der Waals surface area contributed by atoms with Crippen LogP contribution in [0.4, 0.5) is 5.69 Å². The smallest absolute Gasteiger partial charge is 0.103 e. The molecular weight excluding hydrogens is 264 g/mol. The van der Waals surface area contributed by atoms with E-state index in [-0.39, 0.29) is 0 Å². The van der Waals surface area contributed by atoms with Crippen molar-refractivity contribution >= 4 is 17.4 Å². The van der Waals surface area contributed by atoms with Crippen LogP contribution in [0.25, 0.3) is 0 Å². The van der Waals surface area contributed by atoms with Crippen molar-refractivity contribution in [2.75, 3.05) is 23.7 Å². The van der Waals surface area contributed by atoms with Crippen molar-refractivity contribution < 1.29 is 0 Å². The Morgan fingerprint density at radius 2 is 2.05 bits per heavy atom. The van der Waals surface area contributed by atoms with Gasteiger partial charge in [-0.05, 0) is 42.6 Å². The molecule has 0 atom stereocenters. The highest BCUT2D eigenvalue weighted by molar-refractivity contribution is 7.99. The SMILES string of the molecule is CCSc1cccc(N2CCC(C(C)C)CC2)c1C#N. The zero-order valence-electron chi connectivity index (χ0n) is 12.7. The van der Waals surface area contributed by atoms with Gasteiger partial charge in [-0.25, -0.2) is 0 Å². The van der Waals surface area contributed by atoms with E-state index in [1.807, 2.05) is 0 Å². The van der Waals surface area contributed by atoms with Gasteiger partial charge in [0, 0.05) is 18.0 Å². The van der Waals surface area contributed by atoms with Gasteiger partial charge in [0.25, 0.3) is 0 Å². The average molecular weight is 288 g/mol. The van der Waals surface area contributed by atoms with E-state index in [1.165, 1.54) is 12.8 Å². The van der Waals surface area contributed by atoms with Crippen LogP contribution in [0.1, 0.15) is 39.2 Å². The summed E-state index contributed by atoms with van der Waals surface area (Å²) in [6, 6.07) is 8.68. The van der Waals surface area contributed by atoms with E-state index in [0.29, 0.717) is 0 Å². The fraction of sp³-hybridized carbons (Fsp3) is 0.588. The summed E-state index contributed by atoms with van der Waals surface area (Å²) in [6.07, 6.45) is 2.49. The van der Waals surface area contributed by atoms with Crippen LogP contribution in [0.3, 0.4) is 0 Å². The Hall–Kier alpha value is -1.14. The molecule has 0 aliphatic carbocycles. The zero-order valence-corrected chi connectivity index (χ0v) is 13.5. The van der Waals surface area contributed by atoms with Crippen molar-refractivity contribution in [1.82, 2.24) is 0 Å². The molecule has 20 heavy (non-hydrogen) atoms. The lowest BCUT2D eigenvalue weighted by molar-refractivity contribution is 0.311. The second kappa shape index (κ2) is 7.04. The number of hydrogen-bond donors (Lipinski definition) is 0. The Labute approximate surface area is 127 Å². The summed E-state index contributed by atoms with van der Waals surface area (Å²) < 4.78 is 0. The third-order valence-corrected chi connectivity index (χ3v) is 5.18. The van der Waals surface area contributed by atoms with Gasteiger partial charge in [0.1, 0.15) is 6.07 Å². The molecule has 1 aromatic rings. The maximum Gasteiger partial charge on any atom is 0.103 e. The monoisotopic (exact) mass is 288 g/mol. The maximum absolute atomic E-state index is 9.51. The summed E-state index contributed by atoms with van der Waals surface area (Å²) in [7, 11) is 0. The minimum Gasteiger partial charge on any atom is -0.370 e. The van der Waals surface area contributed by atoms with E-state index in [9.17, 15) is 5.26 Å². The van der Waals surface area contributed by atoms with Crippen molar-refractivity contribution in [2.45, 2.75) is 38.5 Å². The molecule has 0 spiro atoms. The molecule has 1 heterocycles. The Morgan fingerprint density at radius 1 is 1.35 bits per heavy atom. The Bertz CT molecular complexity index is 482. The third kappa shape index (κ3) is 3.30. The number of anilines is 1. The molecule has 0 amide bonds. The Balaban J connectivity index is 2.18. The van der Waals surface area contributed by atoms with Crippen LogP contribution in [0.5, 0.6) is 0 Å². The Kier molecular flexibility index (Phi) is 5.37. The lowest BCUT2D eigenvalue weighted by Gasteiger charge is -2.36. The van der Waals surface area contributed by atoms with E-state index < -0.39 is 0 Å². The van der Waals surface area contributed by atoms with Gasteiger partial charge in [0.15, 0.2) is 0 Å². The first kappa shape index (κ1) is 15.3. The molecule has 1 aromatic carbocycles. The maximum atomic E-state index is 9.51. The van der Waals surface area contributed by atoms with E-state index in [2.05, 4.69) is 49.9 Å². The summed E-state index contributed by atoms with van der Waals surface area (Å²) >= 11 is 1.76. The summed E-state index contributed by atoms with van der Waals surface area (Å²) in [5.74, 6) is 2.62. The van der Waals surface area contributed by atoms with Crippen molar-refractivity contribution in [2.24, 2.45) is 11.8 Å². The predicted molar refractivity (Wildman–Crippen MR) is 87.3 cm³/mol. The third-order valence-electron chi connectivity index (χ3n) is 4.24. The summed E-state index contributed by atoms with van der Waals surface area (Å²) in [5, 5.41) is 9.51. The number of benzene rings is 1. The van der Waals surface area contributed by atoms with Gasteiger partial charge in [-0.3, -0.25) is 0 Å². The normalized spacial score (nSPS) is 16.4.